The summed E-state index contributed by atoms with van der Waals surface area (Å²) in [7, 11) is 0. The molecule has 1 saturated heterocycles. The Morgan fingerprint density at radius 3 is 3.17 bits per heavy atom. The SMILES string of the molecule is Brc1cccnc1-c1nc(C2CCCNC2)no1. The van der Waals surface area contributed by atoms with Crippen molar-refractivity contribution in [3.8, 4) is 11.6 Å². The van der Waals surface area contributed by atoms with E-state index in [1.807, 2.05) is 12.1 Å². The van der Waals surface area contributed by atoms with Gasteiger partial charge in [0.05, 0.1) is 0 Å². The van der Waals surface area contributed by atoms with E-state index in [-0.39, 0.29) is 0 Å². The fourth-order valence-electron chi connectivity index (χ4n) is 2.11. The van der Waals surface area contributed by atoms with Crippen molar-refractivity contribution in [2.24, 2.45) is 0 Å². The van der Waals surface area contributed by atoms with Crippen LogP contribution in [0.25, 0.3) is 11.6 Å². The standard InChI is InChI=1S/C12H13BrN4O/c13-9-4-2-6-15-10(9)12-16-11(17-18-12)8-3-1-5-14-7-8/h2,4,6,8,14H,1,3,5,7H2. The number of hydrogen-bond acceptors (Lipinski definition) is 5. The summed E-state index contributed by atoms with van der Waals surface area (Å²) in [4.78, 5) is 8.70. The molecule has 0 aliphatic carbocycles. The number of rotatable bonds is 2. The maximum absolute atomic E-state index is 5.30. The number of pyridine rings is 1. The average molecular weight is 309 g/mol. The zero-order valence-electron chi connectivity index (χ0n) is 9.77. The van der Waals surface area contributed by atoms with Crippen LogP contribution in [0.2, 0.25) is 0 Å². The van der Waals surface area contributed by atoms with Gasteiger partial charge in [-0.05, 0) is 47.4 Å². The summed E-state index contributed by atoms with van der Waals surface area (Å²) in [6, 6.07) is 3.77. The van der Waals surface area contributed by atoms with Crippen molar-refractivity contribution in [1.82, 2.24) is 20.4 Å². The normalized spacial score (nSPS) is 19.9. The Bertz CT molecular complexity index is 536. The molecule has 0 radical (unpaired) electrons. The number of aromatic nitrogens is 3. The minimum absolute atomic E-state index is 0.346. The number of nitrogens with one attached hydrogen (secondary N) is 1. The van der Waals surface area contributed by atoms with Crippen molar-refractivity contribution in [2.75, 3.05) is 13.1 Å². The highest BCUT2D eigenvalue weighted by molar-refractivity contribution is 9.10. The highest BCUT2D eigenvalue weighted by Gasteiger charge is 2.22. The summed E-state index contributed by atoms with van der Waals surface area (Å²) in [5.41, 5.74) is 0.694. The molecule has 0 spiro atoms. The molecule has 0 saturated carbocycles. The van der Waals surface area contributed by atoms with Crippen LogP contribution in [0, 0.1) is 0 Å². The van der Waals surface area contributed by atoms with E-state index in [1.165, 1.54) is 0 Å². The molecule has 5 nitrogen and oxygen atoms in total. The Morgan fingerprint density at radius 1 is 1.44 bits per heavy atom. The van der Waals surface area contributed by atoms with Gasteiger partial charge in [-0.25, -0.2) is 4.98 Å². The topological polar surface area (TPSA) is 63.8 Å². The molecule has 0 aromatic carbocycles. The third-order valence-corrected chi connectivity index (χ3v) is 3.70. The van der Waals surface area contributed by atoms with E-state index in [4.69, 9.17) is 4.52 Å². The Balaban J connectivity index is 1.87. The van der Waals surface area contributed by atoms with Gasteiger partial charge in [0.25, 0.3) is 5.89 Å². The molecule has 6 heteroatoms. The predicted molar refractivity (Wildman–Crippen MR) is 70.1 cm³/mol. The van der Waals surface area contributed by atoms with Crippen molar-refractivity contribution in [2.45, 2.75) is 18.8 Å². The van der Waals surface area contributed by atoms with Crippen LogP contribution in [-0.2, 0) is 0 Å². The van der Waals surface area contributed by atoms with Gasteiger partial charge in [0, 0.05) is 23.1 Å². The van der Waals surface area contributed by atoms with Crippen molar-refractivity contribution >= 4 is 15.9 Å². The first kappa shape index (κ1) is 11.8. The van der Waals surface area contributed by atoms with Crippen LogP contribution in [0.1, 0.15) is 24.6 Å². The number of hydrogen-bond donors (Lipinski definition) is 1. The van der Waals surface area contributed by atoms with Gasteiger partial charge in [-0.2, -0.15) is 4.98 Å². The fraction of sp³-hybridized carbons (Fsp3) is 0.417. The smallest absolute Gasteiger partial charge is 0.277 e. The predicted octanol–water partition coefficient (Wildman–Crippen LogP) is 2.36. The Kier molecular flexibility index (Phi) is 3.38. The molecule has 1 aliphatic rings. The van der Waals surface area contributed by atoms with Crippen LogP contribution < -0.4 is 5.32 Å². The lowest BCUT2D eigenvalue weighted by molar-refractivity contribution is 0.392. The minimum Gasteiger partial charge on any atom is -0.332 e. The number of nitrogens with zero attached hydrogens (tertiary/aromatic N) is 3. The van der Waals surface area contributed by atoms with E-state index in [9.17, 15) is 0 Å². The van der Waals surface area contributed by atoms with Gasteiger partial charge < -0.3 is 9.84 Å². The second kappa shape index (κ2) is 5.16. The van der Waals surface area contributed by atoms with Gasteiger partial charge in [0.15, 0.2) is 5.82 Å². The van der Waals surface area contributed by atoms with Crippen LogP contribution >= 0.6 is 15.9 Å². The van der Waals surface area contributed by atoms with Crippen LogP contribution in [0.5, 0.6) is 0 Å². The molecule has 1 unspecified atom stereocenters. The maximum Gasteiger partial charge on any atom is 0.277 e. The van der Waals surface area contributed by atoms with E-state index < -0.39 is 0 Å². The molecule has 1 atom stereocenters. The Morgan fingerprint density at radius 2 is 2.39 bits per heavy atom. The quantitative estimate of drug-likeness (QED) is 0.922. The molecule has 0 amide bonds. The molecule has 2 aromatic rings. The summed E-state index contributed by atoms with van der Waals surface area (Å²) in [6.45, 7) is 2.00. The van der Waals surface area contributed by atoms with Crippen LogP contribution in [-0.4, -0.2) is 28.2 Å². The first-order valence-corrected chi connectivity index (χ1v) is 6.79. The van der Waals surface area contributed by atoms with Gasteiger partial charge in [-0.1, -0.05) is 5.16 Å². The second-order valence-corrected chi connectivity index (χ2v) is 5.19. The van der Waals surface area contributed by atoms with Crippen molar-refractivity contribution < 1.29 is 4.52 Å². The molecule has 18 heavy (non-hydrogen) atoms. The second-order valence-electron chi connectivity index (χ2n) is 4.33. The summed E-state index contributed by atoms with van der Waals surface area (Å²) < 4.78 is 6.17. The lowest BCUT2D eigenvalue weighted by atomic mass is 9.99. The molecule has 2 aromatic heterocycles. The van der Waals surface area contributed by atoms with E-state index in [0.29, 0.717) is 17.5 Å². The minimum atomic E-state index is 0.346. The highest BCUT2D eigenvalue weighted by Crippen LogP contribution is 2.27. The van der Waals surface area contributed by atoms with Gasteiger partial charge in [-0.3, -0.25) is 0 Å². The van der Waals surface area contributed by atoms with E-state index in [1.54, 1.807) is 6.20 Å². The molecule has 1 N–H and O–H groups in total. The largest absolute Gasteiger partial charge is 0.332 e. The Labute approximate surface area is 113 Å². The van der Waals surface area contributed by atoms with Crippen molar-refractivity contribution in [3.05, 3.63) is 28.6 Å². The van der Waals surface area contributed by atoms with E-state index in [2.05, 4.69) is 36.4 Å². The number of halogens is 1. The Hall–Kier alpha value is -1.27. The third kappa shape index (κ3) is 2.30. The third-order valence-electron chi connectivity index (χ3n) is 3.06. The van der Waals surface area contributed by atoms with Crippen LogP contribution in [0.15, 0.2) is 27.3 Å². The molecule has 3 rings (SSSR count). The lowest BCUT2D eigenvalue weighted by Crippen LogP contribution is -2.28. The number of piperidine rings is 1. The lowest BCUT2D eigenvalue weighted by Gasteiger charge is -2.19. The van der Waals surface area contributed by atoms with Gasteiger partial charge in [0.1, 0.15) is 5.69 Å². The first-order chi connectivity index (χ1) is 8.84. The molecular weight excluding hydrogens is 296 g/mol. The summed E-state index contributed by atoms with van der Waals surface area (Å²) in [5, 5.41) is 7.42. The van der Waals surface area contributed by atoms with Crippen molar-refractivity contribution in [3.63, 3.8) is 0 Å². The summed E-state index contributed by atoms with van der Waals surface area (Å²) in [5.74, 6) is 1.59. The van der Waals surface area contributed by atoms with Gasteiger partial charge >= 0.3 is 0 Å². The van der Waals surface area contributed by atoms with E-state index >= 15 is 0 Å². The van der Waals surface area contributed by atoms with Crippen molar-refractivity contribution in [1.29, 1.82) is 0 Å². The molecule has 0 bridgehead atoms. The summed E-state index contributed by atoms with van der Waals surface area (Å²) in [6.07, 6.45) is 3.98. The van der Waals surface area contributed by atoms with Gasteiger partial charge in [-0.15, -0.1) is 0 Å². The van der Waals surface area contributed by atoms with E-state index in [0.717, 1.165) is 36.2 Å². The monoisotopic (exact) mass is 308 g/mol. The summed E-state index contributed by atoms with van der Waals surface area (Å²) >= 11 is 3.44. The average Bonchev–Trinajstić information content (AvgIpc) is 2.90. The fourth-order valence-corrected chi connectivity index (χ4v) is 2.54. The zero-order valence-corrected chi connectivity index (χ0v) is 11.4. The highest BCUT2D eigenvalue weighted by atomic mass is 79.9. The van der Waals surface area contributed by atoms with Crippen LogP contribution in [0.3, 0.4) is 0 Å². The zero-order chi connectivity index (χ0) is 12.4. The molecule has 3 heterocycles. The first-order valence-electron chi connectivity index (χ1n) is 6.00. The molecular formula is C12H13BrN4O. The molecule has 94 valence electrons. The molecule has 1 fully saturated rings. The van der Waals surface area contributed by atoms with Crippen LogP contribution in [0.4, 0.5) is 0 Å². The van der Waals surface area contributed by atoms with Gasteiger partial charge in [0.2, 0.25) is 0 Å². The maximum atomic E-state index is 5.30. The molecule has 1 aliphatic heterocycles.